The average molecular weight is 283 g/mol. The molecule has 0 aliphatic carbocycles. The van der Waals surface area contributed by atoms with Crippen LogP contribution in [-0.2, 0) is 16.0 Å². The first-order valence-corrected chi connectivity index (χ1v) is 6.82. The number of methoxy groups -OCH3 is 2. The van der Waals surface area contributed by atoms with Crippen molar-refractivity contribution < 1.29 is 18.9 Å². The highest BCUT2D eigenvalue weighted by molar-refractivity contribution is 5.40. The van der Waals surface area contributed by atoms with E-state index >= 15 is 0 Å². The Labute approximate surface area is 121 Å². The molecule has 0 fully saturated rings. The summed E-state index contributed by atoms with van der Waals surface area (Å²) in [6.45, 7) is 3.27. The highest BCUT2D eigenvalue weighted by Crippen LogP contribution is 2.24. The highest BCUT2D eigenvalue weighted by atomic mass is 16.5. The summed E-state index contributed by atoms with van der Waals surface area (Å²) < 4.78 is 21.4. The molecule has 0 aromatic heterocycles. The number of hydrogen-bond donors (Lipinski definition) is 1. The maximum absolute atomic E-state index is 5.76. The number of ether oxygens (including phenoxy) is 4. The number of rotatable bonds is 11. The molecule has 1 rings (SSSR count). The molecule has 1 N–H and O–H groups in total. The fourth-order valence-electron chi connectivity index (χ4n) is 1.75. The highest BCUT2D eigenvalue weighted by Gasteiger charge is 2.05. The summed E-state index contributed by atoms with van der Waals surface area (Å²) in [5.41, 5.74) is 1.10. The van der Waals surface area contributed by atoms with Gasteiger partial charge >= 0.3 is 0 Å². The van der Waals surface area contributed by atoms with E-state index in [9.17, 15) is 0 Å². The van der Waals surface area contributed by atoms with Gasteiger partial charge in [-0.2, -0.15) is 0 Å². The van der Waals surface area contributed by atoms with Gasteiger partial charge in [0, 0.05) is 38.5 Å². The summed E-state index contributed by atoms with van der Waals surface area (Å²) in [5, 5.41) is 3.12. The molecule has 0 aliphatic rings. The summed E-state index contributed by atoms with van der Waals surface area (Å²) in [6.07, 6.45) is 0.903. The van der Waals surface area contributed by atoms with Crippen LogP contribution < -0.4 is 14.8 Å². The van der Waals surface area contributed by atoms with E-state index in [4.69, 9.17) is 18.9 Å². The van der Waals surface area contributed by atoms with Crippen LogP contribution >= 0.6 is 0 Å². The normalized spacial score (nSPS) is 10.6. The molecule has 0 radical (unpaired) electrons. The third-order valence-corrected chi connectivity index (χ3v) is 2.76. The predicted molar refractivity (Wildman–Crippen MR) is 78.6 cm³/mol. The van der Waals surface area contributed by atoms with Crippen LogP contribution in [0.25, 0.3) is 0 Å². The minimum Gasteiger partial charge on any atom is -0.497 e. The van der Waals surface area contributed by atoms with Crippen LogP contribution in [0.3, 0.4) is 0 Å². The van der Waals surface area contributed by atoms with E-state index < -0.39 is 0 Å². The quantitative estimate of drug-likeness (QED) is 0.628. The molecule has 0 bridgehead atoms. The van der Waals surface area contributed by atoms with Gasteiger partial charge in [0.25, 0.3) is 0 Å². The molecule has 5 heteroatoms. The molecular formula is C15H25NO4. The molecule has 0 amide bonds. The van der Waals surface area contributed by atoms with Crippen LogP contribution in [0, 0.1) is 0 Å². The summed E-state index contributed by atoms with van der Waals surface area (Å²) in [4.78, 5) is 0. The zero-order valence-electron chi connectivity index (χ0n) is 12.6. The van der Waals surface area contributed by atoms with Gasteiger partial charge in [-0.05, 0) is 19.5 Å². The Hall–Kier alpha value is -1.30. The molecule has 5 nitrogen and oxygen atoms in total. The number of hydrogen-bond acceptors (Lipinski definition) is 5. The van der Waals surface area contributed by atoms with Gasteiger partial charge in [-0.1, -0.05) is 6.07 Å². The minimum absolute atomic E-state index is 0.525. The first-order valence-electron chi connectivity index (χ1n) is 6.82. The molecular weight excluding hydrogens is 258 g/mol. The Bertz CT molecular complexity index is 371. The van der Waals surface area contributed by atoms with Crippen molar-refractivity contribution in [2.45, 2.75) is 13.0 Å². The van der Waals surface area contributed by atoms with Gasteiger partial charge in [0.15, 0.2) is 0 Å². The second kappa shape index (κ2) is 10.5. The van der Waals surface area contributed by atoms with Crippen molar-refractivity contribution >= 4 is 0 Å². The van der Waals surface area contributed by atoms with Crippen molar-refractivity contribution in [3.05, 3.63) is 23.8 Å². The van der Waals surface area contributed by atoms with Gasteiger partial charge in [0.1, 0.15) is 18.1 Å². The largest absolute Gasteiger partial charge is 0.497 e. The van der Waals surface area contributed by atoms with Crippen molar-refractivity contribution in [3.8, 4) is 11.5 Å². The molecule has 0 heterocycles. The van der Waals surface area contributed by atoms with E-state index in [0.29, 0.717) is 19.8 Å². The SMILES string of the molecule is CNCc1ccc(OC)cc1OCCOCCCOC. The Morgan fingerprint density at radius 2 is 1.90 bits per heavy atom. The van der Waals surface area contributed by atoms with Crippen LogP contribution in [0.15, 0.2) is 18.2 Å². The average Bonchev–Trinajstić information content (AvgIpc) is 2.48. The van der Waals surface area contributed by atoms with E-state index in [-0.39, 0.29) is 0 Å². The molecule has 0 spiro atoms. The van der Waals surface area contributed by atoms with Gasteiger partial charge < -0.3 is 24.3 Å². The maximum Gasteiger partial charge on any atom is 0.127 e. The summed E-state index contributed by atoms with van der Waals surface area (Å²) in [5.74, 6) is 1.63. The van der Waals surface area contributed by atoms with Crippen LogP contribution in [0.2, 0.25) is 0 Å². The van der Waals surface area contributed by atoms with Gasteiger partial charge in [-0.25, -0.2) is 0 Å². The van der Waals surface area contributed by atoms with Crippen molar-refractivity contribution in [1.82, 2.24) is 5.32 Å². The zero-order chi connectivity index (χ0) is 14.6. The molecule has 0 saturated carbocycles. The summed E-state index contributed by atoms with van der Waals surface area (Å²) in [7, 11) is 5.25. The predicted octanol–water partition coefficient (Wildman–Crippen LogP) is 1.85. The molecule has 0 atom stereocenters. The lowest BCUT2D eigenvalue weighted by atomic mass is 10.2. The standard InChI is InChI=1S/C15H25NO4/c1-16-12-13-5-6-14(18-3)11-15(13)20-10-9-19-8-4-7-17-2/h5-6,11,16H,4,7-10,12H2,1-3H3. The summed E-state index contributed by atoms with van der Waals surface area (Å²) >= 11 is 0. The monoisotopic (exact) mass is 283 g/mol. The molecule has 1 aromatic rings. The maximum atomic E-state index is 5.76. The van der Waals surface area contributed by atoms with E-state index in [1.807, 2.05) is 25.2 Å². The fraction of sp³-hybridized carbons (Fsp3) is 0.600. The van der Waals surface area contributed by atoms with Crippen LogP contribution in [0.5, 0.6) is 11.5 Å². The smallest absolute Gasteiger partial charge is 0.127 e. The fourth-order valence-corrected chi connectivity index (χ4v) is 1.75. The third kappa shape index (κ3) is 6.23. The molecule has 114 valence electrons. The van der Waals surface area contributed by atoms with Gasteiger partial charge in [0.05, 0.1) is 13.7 Å². The lowest BCUT2D eigenvalue weighted by molar-refractivity contribution is 0.0803. The molecule has 1 aromatic carbocycles. The van der Waals surface area contributed by atoms with Crippen molar-refractivity contribution in [2.24, 2.45) is 0 Å². The van der Waals surface area contributed by atoms with Crippen molar-refractivity contribution in [1.29, 1.82) is 0 Å². The topological polar surface area (TPSA) is 49.0 Å². The molecule has 0 aliphatic heterocycles. The van der Waals surface area contributed by atoms with Crippen molar-refractivity contribution in [2.75, 3.05) is 47.7 Å². The first-order chi connectivity index (χ1) is 9.81. The second-order valence-electron chi connectivity index (χ2n) is 4.31. The van der Waals surface area contributed by atoms with Crippen LogP contribution in [0.1, 0.15) is 12.0 Å². The first kappa shape index (κ1) is 16.8. The number of benzene rings is 1. The molecule has 0 saturated heterocycles. The Morgan fingerprint density at radius 3 is 2.60 bits per heavy atom. The zero-order valence-corrected chi connectivity index (χ0v) is 12.6. The second-order valence-corrected chi connectivity index (χ2v) is 4.31. The Kier molecular flexibility index (Phi) is 8.78. The molecule has 20 heavy (non-hydrogen) atoms. The lowest BCUT2D eigenvalue weighted by Gasteiger charge is -2.13. The van der Waals surface area contributed by atoms with Gasteiger partial charge in [-0.15, -0.1) is 0 Å². The van der Waals surface area contributed by atoms with Crippen molar-refractivity contribution in [3.63, 3.8) is 0 Å². The van der Waals surface area contributed by atoms with Crippen LogP contribution in [-0.4, -0.2) is 47.7 Å². The van der Waals surface area contributed by atoms with E-state index in [0.717, 1.165) is 36.6 Å². The Balaban J connectivity index is 2.37. The van der Waals surface area contributed by atoms with Crippen LogP contribution in [0.4, 0.5) is 0 Å². The lowest BCUT2D eigenvalue weighted by Crippen LogP contribution is -2.11. The summed E-state index contributed by atoms with van der Waals surface area (Å²) in [6, 6.07) is 5.84. The van der Waals surface area contributed by atoms with Gasteiger partial charge in [-0.3, -0.25) is 0 Å². The minimum atomic E-state index is 0.525. The third-order valence-electron chi connectivity index (χ3n) is 2.76. The number of nitrogens with one attached hydrogen (secondary N) is 1. The van der Waals surface area contributed by atoms with E-state index in [1.165, 1.54) is 0 Å². The van der Waals surface area contributed by atoms with Gasteiger partial charge in [0.2, 0.25) is 0 Å². The Morgan fingerprint density at radius 1 is 1.05 bits per heavy atom. The van der Waals surface area contributed by atoms with E-state index in [2.05, 4.69) is 5.32 Å². The molecule has 0 unspecified atom stereocenters. The van der Waals surface area contributed by atoms with E-state index in [1.54, 1.807) is 14.2 Å².